The fourth-order valence-corrected chi connectivity index (χ4v) is 5.31. The van der Waals surface area contributed by atoms with Gasteiger partial charge in [0.2, 0.25) is 0 Å². The lowest BCUT2D eigenvalue weighted by molar-refractivity contribution is 0.668. The van der Waals surface area contributed by atoms with Gasteiger partial charge in [-0.25, -0.2) is 0 Å². The summed E-state index contributed by atoms with van der Waals surface area (Å²) in [5.41, 5.74) is 6.34. The summed E-state index contributed by atoms with van der Waals surface area (Å²) in [4.78, 5) is 0. The van der Waals surface area contributed by atoms with Crippen LogP contribution in [-0.4, -0.2) is 0 Å². The Balaban J connectivity index is 1.80. The summed E-state index contributed by atoms with van der Waals surface area (Å²) in [6.45, 7) is 4.47. The van der Waals surface area contributed by atoms with Crippen LogP contribution in [0.1, 0.15) is 11.1 Å². The third kappa shape index (κ3) is 1.84. The van der Waals surface area contributed by atoms with Gasteiger partial charge in [-0.15, -0.1) is 0 Å². The third-order valence-electron chi connectivity index (χ3n) is 6.64. The normalized spacial score (nSPS) is 12.3. The van der Waals surface area contributed by atoms with Crippen LogP contribution in [-0.2, 0) is 0 Å². The van der Waals surface area contributed by atoms with E-state index < -0.39 is 0 Å². The molecule has 0 fully saturated rings. The molecule has 0 aliphatic heterocycles. The number of fused-ring (bicyclic) bond motifs is 10. The predicted octanol–water partition coefficient (Wildman–Crippen LogP) is 8.41. The van der Waals surface area contributed by atoms with E-state index in [1.807, 2.05) is 24.3 Å². The van der Waals surface area contributed by atoms with Gasteiger partial charge in [0.05, 0.1) is 0 Å². The molecule has 0 radical (unpaired) electrons. The highest BCUT2D eigenvalue weighted by Crippen LogP contribution is 2.44. The molecule has 2 nitrogen and oxygen atoms in total. The van der Waals surface area contributed by atoms with Crippen molar-refractivity contribution in [2.24, 2.45) is 0 Å². The van der Waals surface area contributed by atoms with Crippen LogP contribution in [0.15, 0.2) is 81.6 Å². The van der Waals surface area contributed by atoms with Gasteiger partial charge in [-0.3, -0.25) is 0 Å². The van der Waals surface area contributed by atoms with Crippen molar-refractivity contribution in [3.63, 3.8) is 0 Å². The summed E-state index contributed by atoms with van der Waals surface area (Å²) in [7, 11) is 0. The van der Waals surface area contributed by atoms with Crippen molar-refractivity contribution >= 4 is 65.4 Å². The molecule has 0 unspecified atom stereocenters. The summed E-state index contributed by atoms with van der Waals surface area (Å²) in [6, 6.07) is 25.3. The molecule has 2 aromatic heterocycles. The number of para-hydroxylation sites is 2. The lowest BCUT2D eigenvalue weighted by Gasteiger charge is -2.14. The molecule has 0 aliphatic carbocycles. The van der Waals surface area contributed by atoms with E-state index >= 15 is 0 Å². The molecule has 0 atom stereocenters. The van der Waals surface area contributed by atoms with E-state index in [1.165, 1.54) is 54.2 Å². The fourth-order valence-electron chi connectivity index (χ4n) is 5.31. The SMILES string of the molecule is Cc1c2ccc3oc4ccccc4c3c2c(C)c2ccc3oc4ccccc4c3c12. The Kier molecular flexibility index (Phi) is 2.91. The van der Waals surface area contributed by atoms with E-state index in [0.29, 0.717) is 0 Å². The van der Waals surface area contributed by atoms with Crippen molar-refractivity contribution in [2.75, 3.05) is 0 Å². The van der Waals surface area contributed by atoms with Gasteiger partial charge in [0, 0.05) is 21.5 Å². The Morgan fingerprint density at radius 2 is 0.833 bits per heavy atom. The molecule has 7 rings (SSSR count). The van der Waals surface area contributed by atoms with Crippen LogP contribution in [0.25, 0.3) is 65.4 Å². The van der Waals surface area contributed by atoms with Crippen molar-refractivity contribution in [1.29, 1.82) is 0 Å². The van der Waals surface area contributed by atoms with Gasteiger partial charge in [-0.05, 0) is 70.8 Å². The molecule has 142 valence electrons. The summed E-state index contributed by atoms with van der Waals surface area (Å²) in [5.74, 6) is 0. The molecule has 5 aromatic carbocycles. The maximum Gasteiger partial charge on any atom is 0.136 e. The Bertz CT molecular complexity index is 1680. The average Bonchev–Trinajstić information content (AvgIpc) is 3.34. The second-order valence-electron chi connectivity index (χ2n) is 8.17. The van der Waals surface area contributed by atoms with E-state index in [2.05, 4.69) is 62.4 Å². The number of hydrogen-bond donors (Lipinski definition) is 0. The van der Waals surface area contributed by atoms with Crippen molar-refractivity contribution < 1.29 is 8.83 Å². The molecule has 30 heavy (non-hydrogen) atoms. The van der Waals surface area contributed by atoms with Crippen molar-refractivity contribution in [1.82, 2.24) is 0 Å². The Morgan fingerprint density at radius 3 is 1.30 bits per heavy atom. The largest absolute Gasteiger partial charge is 0.456 e. The first-order chi connectivity index (χ1) is 14.7. The van der Waals surface area contributed by atoms with Crippen molar-refractivity contribution in [2.45, 2.75) is 13.8 Å². The molecular weight excluding hydrogens is 368 g/mol. The Morgan fingerprint density at radius 1 is 0.400 bits per heavy atom. The molecule has 0 amide bonds. The highest BCUT2D eigenvalue weighted by Gasteiger charge is 2.19. The van der Waals surface area contributed by atoms with E-state index in [4.69, 9.17) is 8.83 Å². The van der Waals surface area contributed by atoms with E-state index in [0.717, 1.165) is 22.3 Å². The molecule has 0 aliphatic rings. The van der Waals surface area contributed by atoms with Gasteiger partial charge in [-0.2, -0.15) is 0 Å². The van der Waals surface area contributed by atoms with Crippen LogP contribution in [0.3, 0.4) is 0 Å². The zero-order chi connectivity index (χ0) is 20.0. The van der Waals surface area contributed by atoms with Crippen LogP contribution in [0.5, 0.6) is 0 Å². The number of benzene rings is 5. The average molecular weight is 386 g/mol. The zero-order valence-electron chi connectivity index (χ0n) is 16.7. The first-order valence-electron chi connectivity index (χ1n) is 10.3. The van der Waals surface area contributed by atoms with Crippen LogP contribution in [0, 0.1) is 13.8 Å². The number of aryl methyl sites for hydroxylation is 2. The topological polar surface area (TPSA) is 26.3 Å². The molecule has 2 heteroatoms. The van der Waals surface area contributed by atoms with Gasteiger partial charge in [-0.1, -0.05) is 48.5 Å². The second-order valence-corrected chi connectivity index (χ2v) is 8.17. The van der Waals surface area contributed by atoms with Gasteiger partial charge in [0.15, 0.2) is 0 Å². The fraction of sp³-hybridized carbons (Fsp3) is 0.0714. The molecule has 0 saturated heterocycles. The van der Waals surface area contributed by atoms with Crippen molar-refractivity contribution in [3.8, 4) is 0 Å². The minimum Gasteiger partial charge on any atom is -0.456 e. The quantitative estimate of drug-likeness (QED) is 0.245. The molecule has 0 saturated carbocycles. The number of hydrogen-bond acceptors (Lipinski definition) is 2. The molecule has 0 bridgehead atoms. The summed E-state index contributed by atoms with van der Waals surface area (Å²) < 4.78 is 12.3. The van der Waals surface area contributed by atoms with Crippen LogP contribution >= 0.6 is 0 Å². The maximum atomic E-state index is 6.17. The van der Waals surface area contributed by atoms with E-state index in [-0.39, 0.29) is 0 Å². The van der Waals surface area contributed by atoms with Crippen LogP contribution < -0.4 is 0 Å². The third-order valence-corrected chi connectivity index (χ3v) is 6.64. The number of rotatable bonds is 0. The standard InChI is InChI=1S/C28H18O2/c1-15-17-11-13-24-28(20-8-4-6-10-22(20)30-24)26(17)16(2)18-12-14-23-27(25(15)18)19-7-3-5-9-21(19)29-23/h3-14H,1-2H3. The smallest absolute Gasteiger partial charge is 0.136 e. The van der Waals surface area contributed by atoms with Crippen molar-refractivity contribution in [3.05, 3.63) is 83.9 Å². The lowest BCUT2D eigenvalue weighted by atomic mass is 9.89. The summed E-state index contributed by atoms with van der Waals surface area (Å²) >= 11 is 0. The van der Waals surface area contributed by atoms with E-state index in [9.17, 15) is 0 Å². The minimum absolute atomic E-state index is 0.938. The molecule has 7 aromatic rings. The molecule has 0 spiro atoms. The highest BCUT2D eigenvalue weighted by atomic mass is 16.3. The minimum atomic E-state index is 0.938. The molecule has 2 heterocycles. The van der Waals surface area contributed by atoms with Gasteiger partial charge in [0.25, 0.3) is 0 Å². The van der Waals surface area contributed by atoms with Gasteiger partial charge in [0.1, 0.15) is 22.3 Å². The van der Waals surface area contributed by atoms with Crippen LogP contribution in [0.4, 0.5) is 0 Å². The highest BCUT2D eigenvalue weighted by molar-refractivity contribution is 6.28. The van der Waals surface area contributed by atoms with Crippen LogP contribution in [0.2, 0.25) is 0 Å². The van der Waals surface area contributed by atoms with E-state index in [1.54, 1.807) is 0 Å². The summed E-state index contributed by atoms with van der Waals surface area (Å²) in [6.07, 6.45) is 0. The monoisotopic (exact) mass is 386 g/mol. The molecular formula is C28H18O2. The summed E-state index contributed by atoms with van der Waals surface area (Å²) in [5, 5.41) is 9.90. The van der Waals surface area contributed by atoms with Gasteiger partial charge < -0.3 is 8.83 Å². The lowest BCUT2D eigenvalue weighted by Crippen LogP contribution is -1.90. The Hall–Kier alpha value is -3.78. The van der Waals surface area contributed by atoms with Gasteiger partial charge >= 0.3 is 0 Å². The first-order valence-corrected chi connectivity index (χ1v) is 10.3. The maximum absolute atomic E-state index is 6.17. The zero-order valence-corrected chi connectivity index (χ0v) is 16.7. The first kappa shape index (κ1) is 16.1. The molecule has 0 N–H and O–H groups in total. The Labute approximate surface area is 172 Å². The number of furan rings is 2. The predicted molar refractivity (Wildman–Crippen MR) is 125 cm³/mol. The second kappa shape index (κ2) is 5.43.